The molecule has 0 radical (unpaired) electrons. The standard InChI is InChI=1S/C11H10F2N4O2/c12-7-3-9(13)11(17(18)19)10(4-7)15-2-1-8-5-14-6-16-8/h3-6,15H,1-2H2,(H,14,16). The van der Waals surface area contributed by atoms with Crippen molar-refractivity contribution >= 4 is 11.4 Å². The Balaban J connectivity index is 2.12. The molecular formula is C11H10F2N4O2. The molecule has 0 saturated carbocycles. The Hall–Kier alpha value is -2.51. The van der Waals surface area contributed by atoms with E-state index in [4.69, 9.17) is 0 Å². The van der Waals surface area contributed by atoms with Crippen molar-refractivity contribution in [2.75, 3.05) is 11.9 Å². The van der Waals surface area contributed by atoms with Crippen LogP contribution in [0, 0.1) is 21.7 Å². The summed E-state index contributed by atoms with van der Waals surface area (Å²) in [7, 11) is 0. The van der Waals surface area contributed by atoms with E-state index in [-0.39, 0.29) is 12.2 Å². The van der Waals surface area contributed by atoms with Gasteiger partial charge in [0.05, 0.1) is 11.3 Å². The predicted molar refractivity (Wildman–Crippen MR) is 63.8 cm³/mol. The molecule has 1 aromatic carbocycles. The lowest BCUT2D eigenvalue weighted by molar-refractivity contribution is -0.386. The van der Waals surface area contributed by atoms with Crippen molar-refractivity contribution < 1.29 is 13.7 Å². The van der Waals surface area contributed by atoms with Crippen LogP contribution < -0.4 is 5.32 Å². The topological polar surface area (TPSA) is 83.8 Å². The van der Waals surface area contributed by atoms with E-state index in [2.05, 4.69) is 15.3 Å². The third-order valence-corrected chi connectivity index (χ3v) is 2.48. The number of halogens is 2. The molecule has 6 nitrogen and oxygen atoms in total. The zero-order valence-electron chi connectivity index (χ0n) is 9.69. The van der Waals surface area contributed by atoms with Gasteiger partial charge in [-0.3, -0.25) is 10.1 Å². The number of H-pyrrole nitrogens is 1. The van der Waals surface area contributed by atoms with E-state index in [0.717, 1.165) is 11.8 Å². The minimum atomic E-state index is -1.20. The van der Waals surface area contributed by atoms with E-state index in [1.165, 1.54) is 6.33 Å². The number of hydrogen-bond acceptors (Lipinski definition) is 4. The van der Waals surface area contributed by atoms with Gasteiger partial charge < -0.3 is 10.3 Å². The summed E-state index contributed by atoms with van der Waals surface area (Å²) in [5.74, 6) is -2.07. The van der Waals surface area contributed by atoms with Crippen LogP contribution in [0.15, 0.2) is 24.7 Å². The third-order valence-electron chi connectivity index (χ3n) is 2.48. The fourth-order valence-corrected chi connectivity index (χ4v) is 1.64. The Labute approximate surface area is 106 Å². The highest BCUT2D eigenvalue weighted by Crippen LogP contribution is 2.28. The van der Waals surface area contributed by atoms with E-state index < -0.39 is 22.2 Å². The number of nitro benzene ring substituents is 1. The molecule has 0 aliphatic rings. The summed E-state index contributed by atoms with van der Waals surface area (Å²) < 4.78 is 26.4. The van der Waals surface area contributed by atoms with Crippen molar-refractivity contribution in [2.24, 2.45) is 0 Å². The van der Waals surface area contributed by atoms with Gasteiger partial charge in [-0.25, -0.2) is 9.37 Å². The number of aromatic nitrogens is 2. The number of hydrogen-bond donors (Lipinski definition) is 2. The SMILES string of the molecule is O=[N+]([O-])c1c(F)cc(F)cc1NCCc1cnc[nH]1. The first-order valence-corrected chi connectivity index (χ1v) is 5.42. The van der Waals surface area contributed by atoms with E-state index in [1.807, 2.05) is 0 Å². The fraction of sp³-hybridized carbons (Fsp3) is 0.182. The van der Waals surface area contributed by atoms with E-state index >= 15 is 0 Å². The van der Waals surface area contributed by atoms with Gasteiger partial charge in [-0.15, -0.1) is 0 Å². The highest BCUT2D eigenvalue weighted by Gasteiger charge is 2.21. The van der Waals surface area contributed by atoms with E-state index in [9.17, 15) is 18.9 Å². The van der Waals surface area contributed by atoms with Crippen LogP contribution in [0.2, 0.25) is 0 Å². The van der Waals surface area contributed by atoms with Gasteiger partial charge in [-0.2, -0.15) is 4.39 Å². The van der Waals surface area contributed by atoms with Crippen molar-refractivity contribution in [1.82, 2.24) is 9.97 Å². The molecule has 100 valence electrons. The first kappa shape index (κ1) is 12.9. The molecule has 19 heavy (non-hydrogen) atoms. The first-order chi connectivity index (χ1) is 9.08. The molecule has 0 bridgehead atoms. The van der Waals surface area contributed by atoms with Crippen molar-refractivity contribution in [3.05, 3.63) is 52.1 Å². The van der Waals surface area contributed by atoms with Crippen molar-refractivity contribution in [1.29, 1.82) is 0 Å². The van der Waals surface area contributed by atoms with Crippen molar-refractivity contribution in [2.45, 2.75) is 6.42 Å². The van der Waals surface area contributed by atoms with E-state index in [0.29, 0.717) is 12.5 Å². The van der Waals surface area contributed by atoms with Gasteiger partial charge in [-0.1, -0.05) is 0 Å². The number of nitrogens with one attached hydrogen (secondary N) is 2. The Bertz CT molecular complexity index is 587. The largest absolute Gasteiger partial charge is 0.379 e. The maximum absolute atomic E-state index is 13.3. The minimum absolute atomic E-state index is 0.179. The van der Waals surface area contributed by atoms with Crippen LogP contribution in [-0.4, -0.2) is 21.4 Å². The van der Waals surface area contributed by atoms with Crippen molar-refractivity contribution in [3.63, 3.8) is 0 Å². The van der Waals surface area contributed by atoms with Gasteiger partial charge >= 0.3 is 5.69 Å². The molecule has 2 rings (SSSR count). The molecule has 1 aromatic heterocycles. The summed E-state index contributed by atoms with van der Waals surface area (Å²) in [5.41, 5.74) is -0.125. The van der Waals surface area contributed by atoms with Gasteiger partial charge in [0.25, 0.3) is 0 Å². The maximum atomic E-state index is 13.3. The second-order valence-electron chi connectivity index (χ2n) is 3.79. The zero-order chi connectivity index (χ0) is 13.8. The van der Waals surface area contributed by atoms with Crippen LogP contribution in [0.1, 0.15) is 5.69 Å². The number of anilines is 1. The maximum Gasteiger partial charge on any atom is 0.327 e. The number of rotatable bonds is 5. The molecule has 2 N–H and O–H groups in total. The van der Waals surface area contributed by atoms with Crippen LogP contribution >= 0.6 is 0 Å². The highest BCUT2D eigenvalue weighted by atomic mass is 19.1. The average Bonchev–Trinajstić information content (AvgIpc) is 2.80. The second kappa shape index (κ2) is 5.42. The quantitative estimate of drug-likeness (QED) is 0.643. The van der Waals surface area contributed by atoms with Crippen LogP contribution in [0.5, 0.6) is 0 Å². The van der Waals surface area contributed by atoms with Gasteiger partial charge in [0.2, 0.25) is 5.82 Å². The predicted octanol–water partition coefficient (Wildman–Crippen LogP) is 2.25. The molecule has 8 heteroatoms. The Morgan fingerprint density at radius 2 is 2.21 bits per heavy atom. The lowest BCUT2D eigenvalue weighted by Gasteiger charge is -2.07. The summed E-state index contributed by atoms with van der Waals surface area (Å²) >= 11 is 0. The highest BCUT2D eigenvalue weighted by molar-refractivity contribution is 5.62. The van der Waals surface area contributed by atoms with Crippen LogP contribution in [0.4, 0.5) is 20.2 Å². The number of nitro groups is 1. The van der Waals surface area contributed by atoms with Crippen LogP contribution in [0.3, 0.4) is 0 Å². The Kier molecular flexibility index (Phi) is 3.69. The smallest absolute Gasteiger partial charge is 0.327 e. The second-order valence-corrected chi connectivity index (χ2v) is 3.79. The molecule has 0 amide bonds. The number of benzene rings is 1. The summed E-state index contributed by atoms with van der Waals surface area (Å²) in [6.45, 7) is 0.284. The molecule has 2 aromatic rings. The summed E-state index contributed by atoms with van der Waals surface area (Å²) in [6.07, 6.45) is 3.59. The molecule has 0 saturated heterocycles. The third kappa shape index (κ3) is 3.03. The Morgan fingerprint density at radius 3 is 2.84 bits per heavy atom. The van der Waals surface area contributed by atoms with Crippen molar-refractivity contribution in [3.8, 4) is 0 Å². The lowest BCUT2D eigenvalue weighted by Crippen LogP contribution is -2.08. The normalized spacial score (nSPS) is 10.4. The fourth-order valence-electron chi connectivity index (χ4n) is 1.64. The number of aromatic amines is 1. The molecule has 0 spiro atoms. The van der Waals surface area contributed by atoms with Gasteiger partial charge in [0.15, 0.2) is 0 Å². The first-order valence-electron chi connectivity index (χ1n) is 5.42. The van der Waals surface area contributed by atoms with Gasteiger partial charge in [-0.05, 0) is 0 Å². The Morgan fingerprint density at radius 1 is 1.42 bits per heavy atom. The van der Waals surface area contributed by atoms with Crippen LogP contribution in [-0.2, 0) is 6.42 Å². The zero-order valence-corrected chi connectivity index (χ0v) is 9.69. The van der Waals surface area contributed by atoms with Gasteiger partial charge in [0.1, 0.15) is 11.5 Å². The summed E-state index contributed by atoms with van der Waals surface area (Å²) in [6, 6.07) is 1.38. The summed E-state index contributed by atoms with van der Waals surface area (Å²) in [4.78, 5) is 16.5. The molecule has 0 unspecified atom stereocenters. The molecule has 0 atom stereocenters. The lowest BCUT2D eigenvalue weighted by atomic mass is 10.2. The molecule has 1 heterocycles. The monoisotopic (exact) mass is 268 g/mol. The average molecular weight is 268 g/mol. The molecule has 0 aliphatic heterocycles. The molecule has 0 fully saturated rings. The van der Waals surface area contributed by atoms with Gasteiger partial charge in [0, 0.05) is 37.0 Å². The summed E-state index contributed by atoms with van der Waals surface area (Å²) in [5, 5.41) is 13.4. The van der Waals surface area contributed by atoms with Crippen LogP contribution in [0.25, 0.3) is 0 Å². The molecule has 0 aliphatic carbocycles. The number of imidazole rings is 1. The number of nitrogens with zero attached hydrogens (tertiary/aromatic N) is 2. The minimum Gasteiger partial charge on any atom is -0.379 e. The van der Waals surface area contributed by atoms with E-state index in [1.54, 1.807) is 6.20 Å². The molecular weight excluding hydrogens is 258 g/mol.